The largest absolute Gasteiger partial charge is 0.359 e. The average Bonchev–Trinajstić information content (AvgIpc) is 2.49. The third-order valence-electron chi connectivity index (χ3n) is 3.15. The summed E-state index contributed by atoms with van der Waals surface area (Å²) in [5.41, 5.74) is 1.62. The van der Waals surface area contributed by atoms with Gasteiger partial charge in [0.2, 0.25) is 0 Å². The quantitative estimate of drug-likeness (QED) is 0.825. The van der Waals surface area contributed by atoms with Crippen molar-refractivity contribution >= 4 is 16.5 Å². The lowest BCUT2D eigenvalue weighted by atomic mass is 9.75. The van der Waals surface area contributed by atoms with Gasteiger partial charge in [-0.25, -0.2) is 4.98 Å². The predicted molar refractivity (Wildman–Crippen MR) is 66.5 cm³/mol. The number of nitrogens with one attached hydrogen (secondary N) is 1. The molecule has 1 unspecified atom stereocenters. The van der Waals surface area contributed by atoms with Gasteiger partial charge in [-0.1, -0.05) is 20.3 Å². The Morgan fingerprint density at radius 1 is 1.53 bits per heavy atom. The number of hydrogen-bond acceptors (Lipinski definition) is 3. The van der Waals surface area contributed by atoms with Gasteiger partial charge < -0.3 is 5.32 Å². The van der Waals surface area contributed by atoms with Gasteiger partial charge in [-0.05, 0) is 31.6 Å². The molecule has 1 aromatic rings. The second kappa shape index (κ2) is 4.12. The van der Waals surface area contributed by atoms with Gasteiger partial charge in [0.15, 0.2) is 5.13 Å². The molecule has 1 N–H and O–H groups in total. The van der Waals surface area contributed by atoms with E-state index >= 15 is 0 Å². The molecule has 0 aromatic carbocycles. The van der Waals surface area contributed by atoms with E-state index in [9.17, 15) is 0 Å². The maximum Gasteiger partial charge on any atom is 0.183 e. The van der Waals surface area contributed by atoms with E-state index in [2.05, 4.69) is 29.5 Å². The fourth-order valence-corrected chi connectivity index (χ4v) is 3.18. The van der Waals surface area contributed by atoms with Crippen LogP contribution in [0.3, 0.4) is 0 Å². The van der Waals surface area contributed by atoms with Gasteiger partial charge in [0.1, 0.15) is 0 Å². The highest BCUT2D eigenvalue weighted by Gasteiger charge is 2.28. The Kier molecular flexibility index (Phi) is 3.01. The fraction of sp³-hybridized carbons (Fsp3) is 0.750. The first-order chi connectivity index (χ1) is 7.05. The molecular weight excluding hydrogens is 204 g/mol. The monoisotopic (exact) mass is 224 g/mol. The van der Waals surface area contributed by atoms with Crippen LogP contribution in [-0.4, -0.2) is 11.0 Å². The second-order valence-corrected chi connectivity index (χ2v) is 6.25. The molecule has 1 aromatic heterocycles. The van der Waals surface area contributed by atoms with Crippen molar-refractivity contribution in [1.82, 2.24) is 4.98 Å². The number of anilines is 1. The second-order valence-electron chi connectivity index (χ2n) is 5.40. The van der Waals surface area contributed by atoms with Gasteiger partial charge in [-0.3, -0.25) is 0 Å². The van der Waals surface area contributed by atoms with Crippen LogP contribution in [0.25, 0.3) is 0 Å². The number of nitrogens with zero attached hydrogens (tertiary/aromatic N) is 1. The maximum absolute atomic E-state index is 4.46. The van der Waals surface area contributed by atoms with Crippen molar-refractivity contribution in [2.75, 3.05) is 5.32 Å². The molecule has 15 heavy (non-hydrogen) atoms. The zero-order chi connectivity index (χ0) is 10.9. The summed E-state index contributed by atoms with van der Waals surface area (Å²) < 4.78 is 0. The first-order valence-corrected chi connectivity index (χ1v) is 6.62. The highest BCUT2D eigenvalue weighted by atomic mass is 32.1. The summed E-state index contributed by atoms with van der Waals surface area (Å²) in [7, 11) is 0. The Balaban J connectivity index is 1.95. The minimum Gasteiger partial charge on any atom is -0.359 e. The molecule has 1 aliphatic carbocycles. The molecule has 3 heteroatoms. The van der Waals surface area contributed by atoms with Gasteiger partial charge in [-0.15, -0.1) is 11.3 Å². The summed E-state index contributed by atoms with van der Waals surface area (Å²) in [5, 5.41) is 6.76. The van der Waals surface area contributed by atoms with Crippen molar-refractivity contribution in [1.29, 1.82) is 0 Å². The van der Waals surface area contributed by atoms with E-state index in [0.717, 1.165) is 10.8 Å². The van der Waals surface area contributed by atoms with Crippen LogP contribution in [0.1, 0.15) is 45.2 Å². The molecule has 2 rings (SSSR count). The van der Waals surface area contributed by atoms with Gasteiger partial charge in [-0.2, -0.15) is 0 Å². The zero-order valence-corrected chi connectivity index (χ0v) is 10.7. The first kappa shape index (κ1) is 10.9. The smallest absolute Gasteiger partial charge is 0.183 e. The molecule has 1 saturated carbocycles. The van der Waals surface area contributed by atoms with E-state index in [0.29, 0.717) is 11.5 Å². The lowest BCUT2D eigenvalue weighted by Gasteiger charge is -2.35. The highest BCUT2D eigenvalue weighted by molar-refractivity contribution is 7.13. The number of aryl methyl sites for hydroxylation is 1. The topological polar surface area (TPSA) is 24.9 Å². The summed E-state index contributed by atoms with van der Waals surface area (Å²) in [5.74, 6) is 0. The summed E-state index contributed by atoms with van der Waals surface area (Å²) in [6.07, 6.45) is 5.27. The van der Waals surface area contributed by atoms with Crippen LogP contribution in [0, 0.1) is 12.3 Å². The van der Waals surface area contributed by atoms with Crippen molar-refractivity contribution in [3.05, 3.63) is 11.1 Å². The molecule has 84 valence electrons. The fourth-order valence-electron chi connectivity index (χ4n) is 2.42. The lowest BCUT2D eigenvalue weighted by molar-refractivity contribution is 0.229. The highest BCUT2D eigenvalue weighted by Crippen LogP contribution is 2.36. The Bertz CT molecular complexity index is 330. The molecule has 1 fully saturated rings. The van der Waals surface area contributed by atoms with Crippen molar-refractivity contribution in [3.63, 3.8) is 0 Å². The van der Waals surface area contributed by atoms with Crippen LogP contribution < -0.4 is 5.32 Å². The van der Waals surface area contributed by atoms with E-state index in [4.69, 9.17) is 0 Å². The summed E-state index contributed by atoms with van der Waals surface area (Å²) in [4.78, 5) is 4.46. The molecule has 0 radical (unpaired) electrons. The van der Waals surface area contributed by atoms with Gasteiger partial charge in [0.05, 0.1) is 5.69 Å². The number of aromatic nitrogens is 1. The van der Waals surface area contributed by atoms with Gasteiger partial charge >= 0.3 is 0 Å². The van der Waals surface area contributed by atoms with Gasteiger partial charge in [0, 0.05) is 11.4 Å². The van der Waals surface area contributed by atoms with E-state index in [1.165, 1.54) is 25.7 Å². The molecule has 0 spiro atoms. The maximum atomic E-state index is 4.46. The summed E-state index contributed by atoms with van der Waals surface area (Å²) >= 11 is 1.72. The number of rotatable bonds is 2. The van der Waals surface area contributed by atoms with Crippen molar-refractivity contribution in [2.24, 2.45) is 5.41 Å². The van der Waals surface area contributed by atoms with Crippen LogP contribution in [0.15, 0.2) is 5.38 Å². The molecule has 2 nitrogen and oxygen atoms in total. The summed E-state index contributed by atoms with van der Waals surface area (Å²) in [6.45, 7) is 6.79. The third-order valence-corrected chi connectivity index (χ3v) is 4.04. The minimum atomic E-state index is 0.502. The van der Waals surface area contributed by atoms with E-state index < -0.39 is 0 Å². The molecule has 0 bridgehead atoms. The van der Waals surface area contributed by atoms with Crippen LogP contribution in [0.4, 0.5) is 5.13 Å². The molecule has 0 amide bonds. The zero-order valence-electron chi connectivity index (χ0n) is 9.84. The third kappa shape index (κ3) is 2.94. The minimum absolute atomic E-state index is 0.502. The Morgan fingerprint density at radius 2 is 2.33 bits per heavy atom. The molecule has 1 aliphatic rings. The van der Waals surface area contributed by atoms with E-state index in [-0.39, 0.29) is 0 Å². The number of thiazole rings is 1. The first-order valence-electron chi connectivity index (χ1n) is 5.74. The average molecular weight is 224 g/mol. The Hall–Kier alpha value is -0.570. The van der Waals surface area contributed by atoms with Crippen molar-refractivity contribution in [2.45, 2.75) is 52.5 Å². The molecular formula is C12H20N2S. The van der Waals surface area contributed by atoms with Crippen molar-refractivity contribution in [3.8, 4) is 0 Å². The van der Waals surface area contributed by atoms with Crippen molar-refractivity contribution < 1.29 is 0 Å². The predicted octanol–water partition coefficient (Wildman–Crippen LogP) is 3.83. The molecule has 1 atom stereocenters. The van der Waals surface area contributed by atoms with Gasteiger partial charge in [0.25, 0.3) is 0 Å². The SMILES string of the molecule is Cc1csc(NC2CCCC(C)(C)C2)n1. The summed E-state index contributed by atoms with van der Waals surface area (Å²) in [6, 6.07) is 0.624. The molecule has 1 heterocycles. The van der Waals surface area contributed by atoms with E-state index in [1.54, 1.807) is 11.3 Å². The van der Waals surface area contributed by atoms with Crippen LogP contribution in [0.2, 0.25) is 0 Å². The Morgan fingerprint density at radius 3 is 2.93 bits per heavy atom. The van der Waals surface area contributed by atoms with Crippen LogP contribution >= 0.6 is 11.3 Å². The standard InChI is InChI=1S/C12H20N2S/c1-9-8-15-11(13-9)14-10-5-4-6-12(2,3)7-10/h8,10H,4-7H2,1-3H3,(H,13,14). The Labute approximate surface area is 96.1 Å². The molecule has 0 saturated heterocycles. The normalized spacial score (nSPS) is 25.1. The van der Waals surface area contributed by atoms with Crippen LogP contribution in [-0.2, 0) is 0 Å². The van der Waals surface area contributed by atoms with E-state index in [1.807, 2.05) is 6.92 Å². The lowest BCUT2D eigenvalue weighted by Crippen LogP contribution is -2.31. The molecule has 0 aliphatic heterocycles. The number of hydrogen-bond donors (Lipinski definition) is 1. The van der Waals surface area contributed by atoms with Crippen LogP contribution in [0.5, 0.6) is 0 Å².